The van der Waals surface area contributed by atoms with E-state index in [0.29, 0.717) is 5.82 Å². The van der Waals surface area contributed by atoms with Crippen LogP contribution < -0.4 is 38.7 Å². The van der Waals surface area contributed by atoms with E-state index in [1.165, 1.54) is 55.5 Å². The van der Waals surface area contributed by atoms with Crippen LogP contribution in [0.5, 0.6) is 11.5 Å². The summed E-state index contributed by atoms with van der Waals surface area (Å²) in [7, 11) is 0. The normalized spacial score (nSPS) is 13.4. The molecule has 302 valence electrons. The van der Waals surface area contributed by atoms with Gasteiger partial charge in [-0.3, -0.25) is 0 Å². The van der Waals surface area contributed by atoms with Gasteiger partial charge in [-0.25, -0.2) is 0 Å². The molecule has 5 nitrogen and oxygen atoms in total. The summed E-state index contributed by atoms with van der Waals surface area (Å²) in [6, 6.07) is 81.8. The molecule has 0 spiro atoms. The summed E-state index contributed by atoms with van der Waals surface area (Å²) in [6.45, 7) is -0.000561. The second kappa shape index (κ2) is 14.0. The van der Waals surface area contributed by atoms with Crippen molar-refractivity contribution in [2.45, 2.75) is 0 Å². The van der Waals surface area contributed by atoms with Gasteiger partial charge in [0.15, 0.2) is 0 Å². The zero-order chi connectivity index (χ0) is 42.6. The summed E-state index contributed by atoms with van der Waals surface area (Å²) < 4.78 is 17.3. The van der Waals surface area contributed by atoms with Gasteiger partial charge in [0.05, 0.1) is 0 Å². The Balaban J connectivity index is 1.13. The number of nitrogens with zero attached hydrogens (tertiary/aromatic N) is 4. The SMILES string of the molecule is c1cc[c]([Ge]2([c]3ccccc3)[c]3ccccc3B3c4ccccc4Oc4cc(-c5nc(-n6c7ccccc7c7ccccc76)cc(-n6c7ccccc7c7ccccc76)n5)c[c]2c43)cc1. The maximum absolute atomic E-state index is 7.17. The Bertz CT molecular complexity index is 3620. The fraction of sp³-hybridized carbons (Fsp3) is 0. The fourth-order valence-corrected chi connectivity index (χ4v) is 22.5. The van der Waals surface area contributed by atoms with Crippen molar-refractivity contribution in [1.82, 2.24) is 19.1 Å². The molecule has 12 aromatic rings. The molecule has 2 aliphatic rings. The Morgan fingerprint density at radius 1 is 0.385 bits per heavy atom. The first-order valence-corrected chi connectivity index (χ1v) is 26.5. The van der Waals surface area contributed by atoms with Crippen molar-refractivity contribution in [1.29, 1.82) is 0 Å². The number of fused-ring (bicyclic) bond motifs is 10. The third-order valence-corrected chi connectivity index (χ3v) is 24.2. The van der Waals surface area contributed by atoms with Crippen molar-refractivity contribution in [3.8, 4) is 34.5 Å². The van der Waals surface area contributed by atoms with Crippen LogP contribution in [-0.2, 0) is 0 Å². The number of hydrogen-bond acceptors (Lipinski definition) is 3. The molecule has 0 radical (unpaired) electrons. The minimum absolute atomic E-state index is 0.000561. The topological polar surface area (TPSA) is 44.9 Å². The van der Waals surface area contributed by atoms with Crippen LogP contribution in [0.3, 0.4) is 0 Å². The quantitative estimate of drug-likeness (QED) is 0.163. The van der Waals surface area contributed by atoms with Crippen LogP contribution in [0.25, 0.3) is 66.6 Å². The van der Waals surface area contributed by atoms with Crippen LogP contribution in [0.15, 0.2) is 224 Å². The van der Waals surface area contributed by atoms with Gasteiger partial charge in [-0.05, 0) is 0 Å². The van der Waals surface area contributed by atoms with E-state index in [-0.39, 0.29) is 6.71 Å². The standard InChI is InChI=1S/C58H37BGeN4O/c1-3-19-39(20-4-1)60(40-21-5-2-6-22-40)47-29-13-11-27-45(47)59-46-28-12-18-34-53(46)65-54-36-38(35-48(60)57(54)59)58-61-55(63-49-30-14-7-23-41(49)42-24-8-15-31-50(42)63)37-56(62-58)64-51-32-16-9-25-43(51)44-26-10-17-33-52(44)64/h1-37H. The monoisotopic (exact) mass is 890 g/mol. The third-order valence-electron chi connectivity index (χ3n) is 13.9. The first-order valence-electron chi connectivity index (χ1n) is 22.3. The van der Waals surface area contributed by atoms with E-state index in [9.17, 15) is 0 Å². The van der Waals surface area contributed by atoms with Crippen molar-refractivity contribution in [2.24, 2.45) is 0 Å². The van der Waals surface area contributed by atoms with E-state index in [0.717, 1.165) is 50.8 Å². The van der Waals surface area contributed by atoms with E-state index in [1.807, 2.05) is 0 Å². The number of para-hydroxylation sites is 5. The fourth-order valence-electron chi connectivity index (χ4n) is 11.4. The summed E-state index contributed by atoms with van der Waals surface area (Å²) in [6.07, 6.45) is 0. The van der Waals surface area contributed by atoms with Gasteiger partial charge < -0.3 is 0 Å². The zero-order valence-corrected chi connectivity index (χ0v) is 37.2. The Morgan fingerprint density at radius 3 is 1.37 bits per heavy atom. The third kappa shape index (κ3) is 5.17. The molecule has 14 rings (SSSR count). The molecule has 0 saturated heterocycles. The molecule has 7 heteroatoms. The van der Waals surface area contributed by atoms with Crippen molar-refractivity contribution in [3.05, 3.63) is 224 Å². The summed E-state index contributed by atoms with van der Waals surface area (Å²) in [5.74, 6) is 3.97. The van der Waals surface area contributed by atoms with Crippen LogP contribution in [0.1, 0.15) is 0 Å². The molecule has 0 saturated carbocycles. The van der Waals surface area contributed by atoms with E-state index < -0.39 is 13.3 Å². The molecule has 0 unspecified atom stereocenters. The molecule has 65 heavy (non-hydrogen) atoms. The van der Waals surface area contributed by atoms with Gasteiger partial charge in [-0.1, -0.05) is 0 Å². The number of aromatic nitrogens is 4. The molecule has 0 N–H and O–H groups in total. The Hall–Kier alpha value is -7.93. The molecule has 5 heterocycles. The molecular formula is C58H37BGeN4O. The molecule has 9 aromatic carbocycles. The molecular weight excluding hydrogens is 852 g/mol. The van der Waals surface area contributed by atoms with Crippen LogP contribution in [-0.4, -0.2) is 39.1 Å². The molecule has 0 aliphatic carbocycles. The summed E-state index contributed by atoms with van der Waals surface area (Å²) in [4.78, 5) is 11.3. The molecule has 0 amide bonds. The van der Waals surface area contributed by atoms with Crippen LogP contribution in [0, 0.1) is 0 Å². The molecule has 0 bridgehead atoms. The molecule has 2 aliphatic heterocycles. The maximum atomic E-state index is 7.17. The van der Waals surface area contributed by atoms with E-state index >= 15 is 0 Å². The Morgan fingerprint density at radius 2 is 0.831 bits per heavy atom. The summed E-state index contributed by atoms with van der Waals surface area (Å²) in [5.41, 5.74) is 9.08. The van der Waals surface area contributed by atoms with Crippen LogP contribution in [0.4, 0.5) is 0 Å². The summed E-state index contributed by atoms with van der Waals surface area (Å²) in [5, 5.41) is 4.72. The number of ether oxygens (including phenoxy) is 1. The molecule has 0 fully saturated rings. The van der Waals surface area contributed by atoms with E-state index in [2.05, 4.69) is 234 Å². The number of benzene rings is 9. The van der Waals surface area contributed by atoms with Crippen LogP contribution >= 0.6 is 0 Å². The van der Waals surface area contributed by atoms with Crippen molar-refractivity contribution in [2.75, 3.05) is 0 Å². The van der Waals surface area contributed by atoms with Crippen molar-refractivity contribution in [3.63, 3.8) is 0 Å². The second-order valence-corrected chi connectivity index (χ2v) is 25.1. The minimum atomic E-state index is -3.86. The van der Waals surface area contributed by atoms with E-state index in [1.54, 1.807) is 0 Å². The van der Waals surface area contributed by atoms with E-state index in [4.69, 9.17) is 14.7 Å². The van der Waals surface area contributed by atoms with Gasteiger partial charge in [0.2, 0.25) is 0 Å². The summed E-state index contributed by atoms with van der Waals surface area (Å²) >= 11 is -3.86. The molecule has 0 atom stereocenters. The van der Waals surface area contributed by atoms with Crippen molar-refractivity contribution >= 4 is 97.6 Å². The van der Waals surface area contributed by atoms with Crippen LogP contribution in [0.2, 0.25) is 0 Å². The van der Waals surface area contributed by atoms with Gasteiger partial charge in [0.1, 0.15) is 0 Å². The average Bonchev–Trinajstić information content (AvgIpc) is 3.90. The second-order valence-electron chi connectivity index (χ2n) is 17.2. The van der Waals surface area contributed by atoms with Gasteiger partial charge in [0.25, 0.3) is 0 Å². The predicted molar refractivity (Wildman–Crippen MR) is 271 cm³/mol. The zero-order valence-electron chi connectivity index (χ0n) is 35.1. The van der Waals surface area contributed by atoms with Gasteiger partial charge in [0, 0.05) is 0 Å². The van der Waals surface area contributed by atoms with Crippen molar-refractivity contribution < 1.29 is 4.74 Å². The first kappa shape index (κ1) is 36.5. The van der Waals surface area contributed by atoms with Gasteiger partial charge >= 0.3 is 380 Å². The predicted octanol–water partition coefficient (Wildman–Crippen LogP) is 8.65. The Labute approximate surface area is 378 Å². The molecule has 3 aromatic heterocycles. The van der Waals surface area contributed by atoms with Gasteiger partial charge in [-0.2, -0.15) is 0 Å². The first-order chi connectivity index (χ1) is 32.3. The number of rotatable bonds is 5. The van der Waals surface area contributed by atoms with Gasteiger partial charge in [-0.15, -0.1) is 0 Å². The Kier molecular flexibility index (Phi) is 7.89. The number of hydrogen-bond donors (Lipinski definition) is 0. The average molecular weight is 889 g/mol.